The Morgan fingerprint density at radius 3 is 1.67 bits per heavy atom. The van der Waals surface area contributed by atoms with Crippen LogP contribution < -0.4 is 22.5 Å². The molecule has 0 amide bonds. The number of benzene rings is 4. The lowest BCUT2D eigenvalue weighted by Gasteiger charge is -2.22. The van der Waals surface area contributed by atoms with Crippen LogP contribution in [0.5, 0.6) is 0 Å². The monoisotopic (exact) mass is 726 g/mol. The Kier molecular flexibility index (Phi) is 17.7. The van der Waals surface area contributed by atoms with Crippen molar-refractivity contribution in [1.29, 1.82) is 0 Å². The first-order valence-electron chi connectivity index (χ1n) is 15.8. The molecule has 1 aliphatic heterocycles. The van der Waals surface area contributed by atoms with Crippen LogP contribution in [0.3, 0.4) is 0 Å². The molecule has 4 aromatic rings. The third-order valence-electron chi connectivity index (χ3n) is 7.44. The van der Waals surface area contributed by atoms with Gasteiger partial charge in [0.05, 0.1) is 0 Å². The molecule has 0 aromatic heterocycles. The first-order chi connectivity index (χ1) is 24.6. The van der Waals surface area contributed by atoms with Crippen molar-refractivity contribution in [3.8, 4) is 0 Å². The topological polar surface area (TPSA) is 239 Å². The van der Waals surface area contributed by atoms with E-state index in [1.54, 1.807) is 18.2 Å². The largest absolute Gasteiger partial charge is 0.480 e. The van der Waals surface area contributed by atoms with Gasteiger partial charge in [-0.1, -0.05) is 66.7 Å². The van der Waals surface area contributed by atoms with E-state index in [0.29, 0.717) is 24.1 Å². The van der Waals surface area contributed by atoms with Gasteiger partial charge < -0.3 is 42.9 Å². The van der Waals surface area contributed by atoms with Crippen LogP contribution in [0.15, 0.2) is 97.1 Å². The Morgan fingerprint density at radius 1 is 0.615 bits per heavy atom. The molecule has 0 saturated heterocycles. The smallest absolute Gasteiger partial charge is 0.321 e. The Morgan fingerprint density at radius 2 is 1.13 bits per heavy atom. The summed E-state index contributed by atoms with van der Waals surface area (Å²) in [5.74, 6) is -5.16. The van der Waals surface area contributed by atoms with Crippen LogP contribution in [-0.4, -0.2) is 68.5 Å². The normalized spacial score (nSPS) is 14.5. The highest BCUT2D eigenvalue weighted by Crippen LogP contribution is 2.16. The quantitative estimate of drug-likeness (QED) is 0.118. The number of nitrogens with one attached hydrogen (secondary N) is 1. The van der Waals surface area contributed by atoms with E-state index in [0.717, 1.165) is 11.1 Å². The third kappa shape index (κ3) is 15.5. The summed E-state index contributed by atoms with van der Waals surface area (Å²) in [5, 5.41) is 37.3. The Labute approximate surface area is 297 Å². The van der Waals surface area contributed by atoms with Crippen LogP contribution in [0.25, 0.3) is 0 Å². The van der Waals surface area contributed by atoms with Gasteiger partial charge in [-0.15, -0.1) is 0 Å². The minimum atomic E-state index is -1.12. The van der Waals surface area contributed by atoms with Crippen molar-refractivity contribution in [3.05, 3.63) is 142 Å². The molecule has 12 nitrogen and oxygen atoms in total. The van der Waals surface area contributed by atoms with Crippen molar-refractivity contribution in [2.24, 2.45) is 17.2 Å². The second kappa shape index (κ2) is 21.6. The van der Waals surface area contributed by atoms with Gasteiger partial charge in [-0.3, -0.25) is 19.2 Å². The molecule has 4 aromatic carbocycles. The van der Waals surface area contributed by atoms with Gasteiger partial charge in [0.15, 0.2) is 0 Å². The maximum absolute atomic E-state index is 13.0. The van der Waals surface area contributed by atoms with Crippen molar-refractivity contribution in [3.63, 3.8) is 0 Å². The van der Waals surface area contributed by atoms with Crippen molar-refractivity contribution in [2.75, 3.05) is 0 Å². The zero-order chi connectivity index (χ0) is 38.8. The standard InChI is InChI=1S/C10H11NO2.3C9H10FNO2/c12-10(13)9-5-7-3-1-2-4-8(7)6-11-9;10-7-3-1-6(2-4-7)5-8(11)9(12)13;10-7-3-1-2-6(4-7)5-8(11)9(12)13;10-7-4-2-1-3-6(7)5-8(11)9(12)13/h1-4,9,11H,5-6H2,(H,12,13);3*1-4,8H,5,11H2,(H,12,13)/t9-;3*8-/m0000/s1. The number of carboxylic acids is 4. The minimum absolute atomic E-state index is 0.0159. The number of aliphatic carboxylic acids is 4. The van der Waals surface area contributed by atoms with E-state index in [2.05, 4.69) is 5.32 Å². The number of rotatable bonds is 10. The maximum Gasteiger partial charge on any atom is 0.321 e. The number of hydrogen-bond acceptors (Lipinski definition) is 8. The zero-order valence-corrected chi connectivity index (χ0v) is 27.9. The summed E-state index contributed by atoms with van der Waals surface area (Å²) in [6.45, 7) is 0.660. The van der Waals surface area contributed by atoms with E-state index in [1.165, 1.54) is 60.2 Å². The average Bonchev–Trinajstić information content (AvgIpc) is 3.10. The van der Waals surface area contributed by atoms with Crippen LogP contribution in [-0.2, 0) is 51.4 Å². The summed E-state index contributed by atoms with van der Waals surface area (Å²) in [5.41, 5.74) is 19.8. The molecule has 278 valence electrons. The summed E-state index contributed by atoms with van der Waals surface area (Å²) >= 11 is 0. The molecular weight excluding hydrogens is 685 g/mol. The summed E-state index contributed by atoms with van der Waals surface area (Å²) in [6.07, 6.45) is 0.968. The van der Waals surface area contributed by atoms with E-state index in [-0.39, 0.29) is 30.9 Å². The highest BCUT2D eigenvalue weighted by atomic mass is 19.1. The summed E-state index contributed by atoms with van der Waals surface area (Å²) in [6, 6.07) is 21.9. The van der Waals surface area contributed by atoms with Crippen LogP contribution in [0.4, 0.5) is 13.2 Å². The van der Waals surface area contributed by atoms with Crippen molar-refractivity contribution in [2.45, 2.75) is 56.4 Å². The molecule has 1 heterocycles. The molecule has 0 unspecified atom stereocenters. The van der Waals surface area contributed by atoms with E-state index >= 15 is 0 Å². The van der Waals surface area contributed by atoms with Crippen molar-refractivity contribution >= 4 is 23.9 Å². The SMILES string of the molecule is N[C@@H](Cc1ccc(F)cc1)C(=O)O.N[C@@H](Cc1cccc(F)c1)C(=O)O.N[C@@H](Cc1ccccc1F)C(=O)O.O=C(O)[C@@H]1Cc2ccccc2CN1. The fourth-order valence-electron chi connectivity index (χ4n) is 4.58. The molecule has 5 rings (SSSR count). The molecule has 0 aliphatic carbocycles. The molecule has 11 N–H and O–H groups in total. The number of fused-ring (bicyclic) bond motifs is 1. The predicted molar refractivity (Wildman–Crippen MR) is 186 cm³/mol. The molecule has 0 bridgehead atoms. The molecule has 4 atom stereocenters. The van der Waals surface area contributed by atoms with E-state index in [9.17, 15) is 32.3 Å². The van der Waals surface area contributed by atoms with Crippen LogP contribution in [0, 0.1) is 17.5 Å². The highest BCUT2D eigenvalue weighted by molar-refractivity contribution is 5.75. The van der Waals surface area contributed by atoms with E-state index < -0.39 is 53.9 Å². The predicted octanol–water partition coefficient (Wildman–Crippen LogP) is 3.13. The van der Waals surface area contributed by atoms with Gasteiger partial charge in [-0.25, -0.2) is 13.2 Å². The Bertz CT molecular complexity index is 1780. The van der Waals surface area contributed by atoms with Gasteiger partial charge in [-0.05, 0) is 77.4 Å². The van der Waals surface area contributed by atoms with Crippen molar-refractivity contribution < 1.29 is 52.8 Å². The van der Waals surface area contributed by atoms with Gasteiger partial charge in [-0.2, -0.15) is 0 Å². The third-order valence-corrected chi connectivity index (χ3v) is 7.44. The average molecular weight is 727 g/mol. The van der Waals surface area contributed by atoms with Gasteiger partial charge in [0, 0.05) is 13.0 Å². The number of carbonyl (C=O) groups is 4. The van der Waals surface area contributed by atoms with E-state index in [4.69, 9.17) is 37.6 Å². The molecule has 15 heteroatoms. The lowest BCUT2D eigenvalue weighted by molar-refractivity contribution is -0.140. The fraction of sp³-hybridized carbons (Fsp3) is 0.243. The zero-order valence-electron chi connectivity index (χ0n) is 27.9. The lowest BCUT2D eigenvalue weighted by Crippen LogP contribution is -2.41. The first-order valence-corrected chi connectivity index (χ1v) is 15.8. The first kappa shape index (κ1) is 42.6. The summed E-state index contributed by atoms with van der Waals surface area (Å²) in [7, 11) is 0. The summed E-state index contributed by atoms with van der Waals surface area (Å²) < 4.78 is 38.0. The van der Waals surface area contributed by atoms with Crippen molar-refractivity contribution in [1.82, 2.24) is 5.32 Å². The molecule has 0 fully saturated rings. The fourth-order valence-corrected chi connectivity index (χ4v) is 4.58. The molecule has 0 spiro atoms. The van der Waals surface area contributed by atoms with Gasteiger partial charge >= 0.3 is 23.9 Å². The lowest BCUT2D eigenvalue weighted by atomic mass is 9.96. The molecule has 1 aliphatic rings. The van der Waals surface area contributed by atoms with E-state index in [1.807, 2.05) is 24.3 Å². The van der Waals surface area contributed by atoms with Gasteiger partial charge in [0.1, 0.15) is 41.6 Å². The van der Waals surface area contributed by atoms with Crippen LogP contribution in [0.1, 0.15) is 27.8 Å². The van der Waals surface area contributed by atoms with Gasteiger partial charge in [0.2, 0.25) is 0 Å². The maximum atomic E-state index is 13.0. The number of nitrogens with two attached hydrogens (primary N) is 3. The molecule has 0 radical (unpaired) electrons. The number of hydrogen-bond donors (Lipinski definition) is 8. The Hall–Kier alpha value is -5.61. The summed E-state index contributed by atoms with van der Waals surface area (Å²) in [4.78, 5) is 41.8. The second-order valence-electron chi connectivity index (χ2n) is 11.5. The Balaban J connectivity index is 0.000000240. The molecule has 0 saturated carbocycles. The van der Waals surface area contributed by atoms with Crippen LogP contribution >= 0.6 is 0 Å². The van der Waals surface area contributed by atoms with Crippen LogP contribution in [0.2, 0.25) is 0 Å². The second-order valence-corrected chi connectivity index (χ2v) is 11.5. The number of carboxylic acid groups (broad SMARTS) is 4. The molecule has 52 heavy (non-hydrogen) atoms. The minimum Gasteiger partial charge on any atom is -0.480 e. The number of halogens is 3. The highest BCUT2D eigenvalue weighted by Gasteiger charge is 2.22. The van der Waals surface area contributed by atoms with Gasteiger partial charge in [0.25, 0.3) is 0 Å². The molecular formula is C37H41F3N4O8.